The maximum absolute atomic E-state index is 12.4. The van der Waals surface area contributed by atoms with Gasteiger partial charge < -0.3 is 0 Å². The Labute approximate surface area is 124 Å². The van der Waals surface area contributed by atoms with Crippen LogP contribution in [0.15, 0.2) is 46.3 Å². The van der Waals surface area contributed by atoms with Crippen molar-refractivity contribution in [3.8, 4) is 6.07 Å². The molecule has 0 saturated carbocycles. The topological polar surface area (TPSA) is 75.8 Å². The molecule has 0 atom stereocenters. The summed E-state index contributed by atoms with van der Waals surface area (Å²) in [6.45, 7) is 4.47. The van der Waals surface area contributed by atoms with Gasteiger partial charge in [0.05, 0.1) is 11.1 Å². The monoisotopic (exact) mass is 301 g/mol. The van der Waals surface area contributed by atoms with Gasteiger partial charge in [0.25, 0.3) is 0 Å². The molecule has 0 saturated heterocycles. The number of hydrogen-bond acceptors (Lipinski definition) is 4. The molecular weight excluding hydrogens is 286 g/mol. The molecule has 21 heavy (non-hydrogen) atoms. The molecule has 1 aromatic carbocycles. The largest absolute Gasteiger partial charge is 0.270 e. The van der Waals surface area contributed by atoms with Crippen LogP contribution >= 0.6 is 0 Å². The Morgan fingerprint density at radius 3 is 2.57 bits per heavy atom. The minimum Gasteiger partial charge on any atom is -0.270 e. The molecule has 0 unspecified atom stereocenters. The number of benzene rings is 1. The van der Waals surface area contributed by atoms with Gasteiger partial charge in [0.1, 0.15) is 11.0 Å². The second kappa shape index (κ2) is 5.94. The Kier molecular flexibility index (Phi) is 4.24. The average molecular weight is 301 g/mol. The van der Waals surface area contributed by atoms with Crippen molar-refractivity contribution in [1.29, 1.82) is 5.26 Å². The first-order valence-electron chi connectivity index (χ1n) is 6.45. The summed E-state index contributed by atoms with van der Waals surface area (Å²) in [5.41, 5.74) is 1.46. The van der Waals surface area contributed by atoms with Crippen LogP contribution in [0.4, 0.5) is 0 Å². The molecule has 0 radical (unpaired) electrons. The van der Waals surface area contributed by atoms with Crippen molar-refractivity contribution in [2.45, 2.75) is 25.3 Å². The van der Waals surface area contributed by atoms with Crippen LogP contribution in [0.25, 0.3) is 6.08 Å². The zero-order chi connectivity index (χ0) is 15.5. The fourth-order valence-corrected chi connectivity index (χ4v) is 3.13. The Hall–Kier alpha value is -2.39. The summed E-state index contributed by atoms with van der Waals surface area (Å²) >= 11 is 0. The molecule has 6 heteroatoms. The maximum atomic E-state index is 12.4. The minimum absolute atomic E-state index is 0.110. The standard InChI is InChI=1S/C15H15N3O2S/c1-3-18-12(2)13(11-17-18)9-15(10-16)21(19,20)14-7-5-4-6-8-14/h4-9,11H,3H2,1-2H3/b15-9-. The summed E-state index contributed by atoms with van der Waals surface area (Å²) in [5, 5.41) is 13.4. The fourth-order valence-electron chi connectivity index (χ4n) is 1.96. The number of sulfone groups is 1. The number of aryl methyl sites for hydroxylation is 1. The van der Waals surface area contributed by atoms with Crippen molar-refractivity contribution in [3.05, 3.63) is 52.7 Å². The summed E-state index contributed by atoms with van der Waals surface area (Å²) in [6, 6.07) is 9.71. The van der Waals surface area contributed by atoms with Crippen molar-refractivity contribution < 1.29 is 8.42 Å². The first-order chi connectivity index (χ1) is 10.0. The highest BCUT2D eigenvalue weighted by Crippen LogP contribution is 2.22. The van der Waals surface area contributed by atoms with E-state index in [0.717, 1.165) is 5.69 Å². The number of rotatable bonds is 4. The van der Waals surface area contributed by atoms with E-state index >= 15 is 0 Å². The molecule has 0 aliphatic carbocycles. The fraction of sp³-hybridized carbons (Fsp3) is 0.200. The van der Waals surface area contributed by atoms with Crippen LogP contribution < -0.4 is 0 Å². The first-order valence-corrected chi connectivity index (χ1v) is 7.93. The molecule has 0 aliphatic heterocycles. The predicted octanol–water partition coefficient (Wildman–Crippen LogP) is 2.55. The van der Waals surface area contributed by atoms with Crippen LogP contribution in [0.5, 0.6) is 0 Å². The van der Waals surface area contributed by atoms with Crippen LogP contribution in [0, 0.1) is 18.3 Å². The first kappa shape index (κ1) is 15.0. The van der Waals surface area contributed by atoms with Crippen molar-refractivity contribution in [3.63, 3.8) is 0 Å². The van der Waals surface area contributed by atoms with Crippen molar-refractivity contribution in [2.75, 3.05) is 0 Å². The molecule has 0 bridgehead atoms. The molecular formula is C15H15N3O2S. The van der Waals surface area contributed by atoms with Crippen LogP contribution in [-0.4, -0.2) is 18.2 Å². The Morgan fingerprint density at radius 1 is 1.38 bits per heavy atom. The maximum Gasteiger partial charge on any atom is 0.216 e. The van der Waals surface area contributed by atoms with E-state index in [1.54, 1.807) is 35.1 Å². The molecule has 2 aromatic rings. The van der Waals surface area contributed by atoms with Gasteiger partial charge in [0, 0.05) is 17.8 Å². The van der Waals surface area contributed by atoms with Crippen molar-refractivity contribution in [2.24, 2.45) is 0 Å². The molecule has 0 N–H and O–H groups in total. The number of allylic oxidation sites excluding steroid dienone is 1. The zero-order valence-corrected chi connectivity index (χ0v) is 12.6. The molecule has 5 nitrogen and oxygen atoms in total. The molecule has 0 amide bonds. The normalized spacial score (nSPS) is 12.1. The van der Waals surface area contributed by atoms with Gasteiger partial charge in [-0.3, -0.25) is 4.68 Å². The van der Waals surface area contributed by atoms with Gasteiger partial charge >= 0.3 is 0 Å². The van der Waals surface area contributed by atoms with E-state index in [1.165, 1.54) is 18.2 Å². The molecule has 0 spiro atoms. The zero-order valence-electron chi connectivity index (χ0n) is 11.8. The number of aromatic nitrogens is 2. The summed E-state index contributed by atoms with van der Waals surface area (Å²) in [7, 11) is -3.80. The van der Waals surface area contributed by atoms with Crippen molar-refractivity contribution >= 4 is 15.9 Å². The molecule has 0 aliphatic rings. The molecule has 2 rings (SSSR count). The third-order valence-electron chi connectivity index (χ3n) is 3.18. The van der Waals surface area contributed by atoms with Crippen LogP contribution in [0.1, 0.15) is 18.2 Å². The van der Waals surface area contributed by atoms with E-state index in [1.807, 2.05) is 13.8 Å². The van der Waals surface area contributed by atoms with E-state index in [0.29, 0.717) is 12.1 Å². The molecule has 0 fully saturated rings. The van der Waals surface area contributed by atoms with E-state index in [2.05, 4.69) is 5.10 Å². The van der Waals surface area contributed by atoms with E-state index < -0.39 is 9.84 Å². The third-order valence-corrected chi connectivity index (χ3v) is 4.86. The summed E-state index contributed by atoms with van der Waals surface area (Å²) in [6.07, 6.45) is 2.94. The molecule has 108 valence electrons. The number of hydrogen-bond donors (Lipinski definition) is 0. The van der Waals surface area contributed by atoms with Crippen molar-refractivity contribution in [1.82, 2.24) is 9.78 Å². The average Bonchev–Trinajstić information content (AvgIpc) is 2.85. The minimum atomic E-state index is -3.80. The van der Waals surface area contributed by atoms with Gasteiger partial charge in [-0.1, -0.05) is 18.2 Å². The lowest BCUT2D eigenvalue weighted by Gasteiger charge is -2.03. The predicted molar refractivity (Wildman–Crippen MR) is 79.9 cm³/mol. The van der Waals surface area contributed by atoms with Gasteiger partial charge in [-0.15, -0.1) is 0 Å². The third kappa shape index (κ3) is 2.88. The second-order valence-electron chi connectivity index (χ2n) is 4.44. The lowest BCUT2D eigenvalue weighted by Crippen LogP contribution is -2.03. The van der Waals surface area contributed by atoms with Gasteiger partial charge in [0.15, 0.2) is 0 Å². The van der Waals surface area contributed by atoms with Gasteiger partial charge in [0.2, 0.25) is 9.84 Å². The van der Waals surface area contributed by atoms with Gasteiger partial charge in [-0.25, -0.2) is 8.42 Å². The lowest BCUT2D eigenvalue weighted by molar-refractivity contribution is 0.603. The van der Waals surface area contributed by atoms with Crippen LogP contribution in [0.2, 0.25) is 0 Å². The smallest absolute Gasteiger partial charge is 0.216 e. The highest BCUT2D eigenvalue weighted by molar-refractivity contribution is 7.95. The van der Waals surface area contributed by atoms with E-state index in [4.69, 9.17) is 0 Å². The number of nitrogens with zero attached hydrogens (tertiary/aromatic N) is 3. The Bertz CT molecular complexity index is 812. The number of nitriles is 1. The molecule has 1 heterocycles. The quantitative estimate of drug-likeness (QED) is 0.813. The highest BCUT2D eigenvalue weighted by atomic mass is 32.2. The van der Waals surface area contributed by atoms with Gasteiger partial charge in [-0.2, -0.15) is 10.4 Å². The summed E-state index contributed by atoms with van der Waals surface area (Å²) < 4.78 is 26.6. The lowest BCUT2D eigenvalue weighted by atomic mass is 10.2. The van der Waals surface area contributed by atoms with Gasteiger partial charge in [-0.05, 0) is 32.1 Å². The SMILES string of the molecule is CCn1ncc(/C=C(/C#N)S(=O)(=O)c2ccccc2)c1C. The summed E-state index contributed by atoms with van der Waals surface area (Å²) in [4.78, 5) is -0.175. The Morgan fingerprint density at radius 2 is 2.05 bits per heavy atom. The van der Waals surface area contributed by atoms with E-state index in [-0.39, 0.29) is 9.80 Å². The van der Waals surface area contributed by atoms with E-state index in [9.17, 15) is 13.7 Å². The van der Waals surface area contributed by atoms with Crippen LogP contribution in [-0.2, 0) is 16.4 Å². The Balaban J connectivity index is 2.52. The molecule has 1 aromatic heterocycles. The second-order valence-corrected chi connectivity index (χ2v) is 6.36. The summed E-state index contributed by atoms with van der Waals surface area (Å²) in [5.74, 6) is 0. The highest BCUT2D eigenvalue weighted by Gasteiger charge is 2.21. The van der Waals surface area contributed by atoms with Crippen LogP contribution in [0.3, 0.4) is 0 Å².